The van der Waals surface area contributed by atoms with Gasteiger partial charge >= 0.3 is 5.97 Å². The van der Waals surface area contributed by atoms with Crippen molar-refractivity contribution in [2.24, 2.45) is 0 Å². The van der Waals surface area contributed by atoms with Gasteiger partial charge in [-0.15, -0.1) is 0 Å². The normalized spacial score (nSPS) is 14.1. The first-order valence-electron chi connectivity index (χ1n) is 20.1. The third-order valence-electron chi connectivity index (χ3n) is 10.3. The van der Waals surface area contributed by atoms with Gasteiger partial charge in [0.15, 0.2) is 23.1 Å². The summed E-state index contributed by atoms with van der Waals surface area (Å²) >= 11 is 0. The molecule has 6 aromatic rings. The summed E-state index contributed by atoms with van der Waals surface area (Å²) in [6.45, 7) is 8.14. The van der Waals surface area contributed by atoms with Crippen LogP contribution in [0.15, 0.2) is 143 Å². The van der Waals surface area contributed by atoms with Crippen molar-refractivity contribution in [2.45, 2.75) is 55.7 Å². The molecule has 0 radical (unpaired) electrons. The molecule has 3 N–H and O–H groups in total. The number of nitrogens with zero attached hydrogens (tertiary/aromatic N) is 4. The summed E-state index contributed by atoms with van der Waals surface area (Å²) < 4.78 is 65.8. The lowest BCUT2D eigenvalue weighted by atomic mass is 9.94. The fourth-order valence-electron chi connectivity index (χ4n) is 6.71. The van der Waals surface area contributed by atoms with Crippen LogP contribution in [0.4, 0.5) is 17.5 Å². The third-order valence-corrected chi connectivity index (χ3v) is 13.9. The Balaban J connectivity index is 0.000000177. The standard InChI is InChI=1S/C24H24N2O4S.C14H15N3O3S.C9H10O2/c1-17-7-6-10-21(15-17)31(28,29)26-13-14-30-23-12-11-20(25-24(23)26)16-22(27)18(2)19-8-4-3-5-9-19;1-10-3-2-4-11(9-10)21(18,19)17-7-8-20-12-5-6-13(15)16-14(12)17;1-7(9(10)11)8-5-3-2-4-6-8/h3-12,15,18H,13-14,16H2,1-2H3;2-6,9H,7-8H2,1H3,(H2,15,16);2-7H,1H3,(H,10,11). The van der Waals surface area contributed by atoms with Crippen molar-refractivity contribution >= 4 is 49.3 Å². The first kappa shape index (κ1) is 45.7. The number of carbonyl (C=O) groups is 2. The highest BCUT2D eigenvalue weighted by Crippen LogP contribution is 2.36. The van der Waals surface area contributed by atoms with Crippen LogP contribution < -0.4 is 23.8 Å². The maximum absolute atomic E-state index is 13.3. The molecule has 0 aliphatic carbocycles. The summed E-state index contributed by atoms with van der Waals surface area (Å²) in [7, 11) is -7.48. The van der Waals surface area contributed by atoms with Crippen molar-refractivity contribution in [3.05, 3.63) is 161 Å². The number of aromatic nitrogens is 2. The van der Waals surface area contributed by atoms with Gasteiger partial charge < -0.3 is 20.3 Å². The van der Waals surface area contributed by atoms with E-state index in [0.29, 0.717) is 17.2 Å². The van der Waals surface area contributed by atoms with E-state index in [9.17, 15) is 26.4 Å². The van der Waals surface area contributed by atoms with Gasteiger partial charge in [-0.3, -0.25) is 9.59 Å². The van der Waals surface area contributed by atoms with Gasteiger partial charge in [-0.05, 0) is 91.6 Å². The van der Waals surface area contributed by atoms with Gasteiger partial charge in [0.05, 0.1) is 34.5 Å². The molecule has 2 unspecified atom stereocenters. The van der Waals surface area contributed by atoms with Crippen molar-refractivity contribution in [3.63, 3.8) is 0 Å². The Kier molecular flexibility index (Phi) is 14.5. The summed E-state index contributed by atoms with van der Waals surface area (Å²) in [5, 5.41) is 8.64. The quantitative estimate of drug-likeness (QED) is 0.139. The predicted molar refractivity (Wildman–Crippen MR) is 241 cm³/mol. The van der Waals surface area contributed by atoms with Crippen LogP contribution in [0.2, 0.25) is 0 Å². The van der Waals surface area contributed by atoms with Gasteiger partial charge in [0.2, 0.25) is 0 Å². The zero-order valence-corrected chi connectivity index (χ0v) is 36.9. The molecule has 63 heavy (non-hydrogen) atoms. The fraction of sp³-hybridized carbons (Fsp3) is 0.234. The summed E-state index contributed by atoms with van der Waals surface area (Å²) in [6, 6.07) is 39.0. The molecule has 0 saturated heterocycles. The lowest BCUT2D eigenvalue weighted by Gasteiger charge is -2.29. The van der Waals surface area contributed by atoms with Gasteiger partial charge in [-0.2, -0.15) is 0 Å². The number of ether oxygens (including phenoxy) is 2. The Hall–Kier alpha value is -6.78. The first-order valence-corrected chi connectivity index (χ1v) is 23.0. The van der Waals surface area contributed by atoms with Gasteiger partial charge in [-0.1, -0.05) is 91.9 Å². The molecule has 2 atom stereocenters. The third kappa shape index (κ3) is 11.0. The molecule has 4 heterocycles. The molecule has 2 aliphatic rings. The maximum atomic E-state index is 13.3. The van der Waals surface area contributed by atoms with E-state index >= 15 is 0 Å². The molecule has 0 spiro atoms. The number of rotatable bonds is 10. The molecular formula is C47H49N5O9S2. The van der Waals surface area contributed by atoms with E-state index in [2.05, 4.69) is 9.97 Å². The average molecular weight is 892 g/mol. The Morgan fingerprint density at radius 3 is 1.57 bits per heavy atom. The molecule has 0 bridgehead atoms. The monoisotopic (exact) mass is 891 g/mol. The summed E-state index contributed by atoms with van der Waals surface area (Å²) in [4.78, 5) is 32.4. The zero-order chi connectivity index (χ0) is 45.3. The Morgan fingerprint density at radius 2 is 1.10 bits per heavy atom. The number of Topliss-reactive ketones (excluding diaryl/α,β-unsaturated/α-hetero) is 1. The molecule has 0 saturated carbocycles. The van der Waals surface area contributed by atoms with Crippen molar-refractivity contribution in [1.29, 1.82) is 0 Å². The number of hydrogen-bond acceptors (Lipinski definition) is 11. The SMILES string of the molecule is CC(C(=O)O)c1ccccc1.Cc1cccc(S(=O)(=O)N2CCOc3ccc(CC(=O)C(C)c4ccccc4)nc32)c1.Cc1cccc(S(=O)(=O)N2CCOc3ccc(N)nc32)c1. The molecule has 2 aromatic heterocycles. The number of nitrogen functional groups attached to an aromatic ring is 1. The smallest absolute Gasteiger partial charge is 0.310 e. The number of carbonyl (C=O) groups excluding carboxylic acids is 1. The van der Waals surface area contributed by atoms with Crippen molar-refractivity contribution in [1.82, 2.24) is 9.97 Å². The molecule has 8 rings (SSSR count). The van der Waals surface area contributed by atoms with E-state index in [1.165, 1.54) is 8.61 Å². The molecule has 16 heteroatoms. The molecule has 4 aromatic carbocycles. The fourth-order valence-corrected chi connectivity index (χ4v) is 9.74. The highest BCUT2D eigenvalue weighted by molar-refractivity contribution is 7.93. The number of carboxylic acids is 1. The van der Waals surface area contributed by atoms with E-state index in [4.69, 9.17) is 20.3 Å². The van der Waals surface area contributed by atoms with Gasteiger partial charge in [-0.25, -0.2) is 35.4 Å². The minimum absolute atomic E-state index is 0.0171. The van der Waals surface area contributed by atoms with E-state index < -0.39 is 31.9 Å². The Morgan fingerprint density at radius 1 is 0.635 bits per heavy atom. The van der Waals surface area contributed by atoms with Crippen LogP contribution in [0, 0.1) is 13.8 Å². The Labute approximate surface area is 368 Å². The second-order valence-electron chi connectivity index (χ2n) is 14.9. The number of aryl methyl sites for hydroxylation is 2. The second kappa shape index (κ2) is 19.9. The largest absolute Gasteiger partial charge is 0.488 e. The van der Waals surface area contributed by atoms with Crippen molar-refractivity contribution in [3.8, 4) is 11.5 Å². The van der Waals surface area contributed by atoms with Crippen LogP contribution in [0.25, 0.3) is 0 Å². The highest BCUT2D eigenvalue weighted by atomic mass is 32.2. The van der Waals surface area contributed by atoms with Crippen LogP contribution in [0.1, 0.15) is 53.6 Å². The van der Waals surface area contributed by atoms with Crippen LogP contribution in [0.3, 0.4) is 0 Å². The minimum atomic E-state index is -3.80. The second-order valence-corrected chi connectivity index (χ2v) is 18.6. The van der Waals surface area contributed by atoms with Crippen LogP contribution in [-0.2, 0) is 36.1 Å². The van der Waals surface area contributed by atoms with E-state index in [1.807, 2.05) is 93.6 Å². The number of anilines is 3. The molecule has 0 amide bonds. The molecule has 14 nitrogen and oxygen atoms in total. The number of benzene rings is 4. The molecule has 0 fully saturated rings. The number of nitrogens with two attached hydrogens (primary N) is 1. The Bertz CT molecular complexity index is 2790. The molecular weight excluding hydrogens is 843 g/mol. The topological polar surface area (TPSA) is 199 Å². The summed E-state index contributed by atoms with van der Waals surface area (Å²) in [5.74, 6) is 0.0941. The van der Waals surface area contributed by atoms with Crippen LogP contribution in [0.5, 0.6) is 11.5 Å². The maximum Gasteiger partial charge on any atom is 0.310 e. The lowest BCUT2D eigenvalue weighted by molar-refractivity contribution is -0.138. The van der Waals surface area contributed by atoms with Crippen molar-refractivity contribution in [2.75, 3.05) is 40.6 Å². The van der Waals surface area contributed by atoms with Gasteiger partial charge in [0.1, 0.15) is 24.8 Å². The average Bonchev–Trinajstić information content (AvgIpc) is 3.29. The number of fused-ring (bicyclic) bond motifs is 2. The predicted octanol–water partition coefficient (Wildman–Crippen LogP) is 7.33. The minimum Gasteiger partial charge on any atom is -0.488 e. The van der Waals surface area contributed by atoms with E-state index in [0.717, 1.165) is 22.3 Å². The van der Waals surface area contributed by atoms with E-state index in [-0.39, 0.29) is 71.7 Å². The lowest BCUT2D eigenvalue weighted by Crippen LogP contribution is -2.38. The number of carboxylic acid groups (broad SMARTS) is 1. The zero-order valence-electron chi connectivity index (χ0n) is 35.3. The highest BCUT2D eigenvalue weighted by Gasteiger charge is 2.33. The number of ketones is 1. The number of aliphatic carboxylic acids is 1. The number of sulfonamides is 2. The van der Waals surface area contributed by atoms with Crippen LogP contribution >= 0.6 is 0 Å². The van der Waals surface area contributed by atoms with E-state index in [1.54, 1.807) is 67.6 Å². The van der Waals surface area contributed by atoms with Crippen molar-refractivity contribution < 1.29 is 41.0 Å². The molecule has 2 aliphatic heterocycles. The van der Waals surface area contributed by atoms with Gasteiger partial charge in [0, 0.05) is 12.3 Å². The van der Waals surface area contributed by atoms with Gasteiger partial charge in [0.25, 0.3) is 20.0 Å². The van der Waals surface area contributed by atoms with Crippen LogP contribution in [-0.4, -0.2) is 70.0 Å². The number of hydrogen-bond donors (Lipinski definition) is 2. The summed E-state index contributed by atoms with van der Waals surface area (Å²) in [5.41, 5.74) is 9.70. The number of pyridine rings is 2. The summed E-state index contributed by atoms with van der Waals surface area (Å²) in [6.07, 6.45) is 0.113. The first-order chi connectivity index (χ1) is 30.1. The molecule has 328 valence electrons.